The van der Waals surface area contributed by atoms with Gasteiger partial charge in [0.05, 0.1) is 21.6 Å². The number of sulfonamides is 1. The minimum Gasteiger partial charge on any atom is -0.275 e. The van der Waals surface area contributed by atoms with Crippen LogP contribution in [-0.2, 0) is 10.0 Å². The quantitative estimate of drug-likeness (QED) is 0.401. The molecule has 0 amide bonds. The summed E-state index contributed by atoms with van der Waals surface area (Å²) in [5.41, 5.74) is 4.20. The van der Waals surface area contributed by atoms with E-state index in [-0.39, 0.29) is 4.90 Å². The van der Waals surface area contributed by atoms with Gasteiger partial charge in [0.15, 0.2) is 11.3 Å². The molecule has 164 valence electrons. The molecule has 0 atom stereocenters. The molecule has 0 N–H and O–H groups in total. The number of hydrogen-bond donors (Lipinski definition) is 0. The number of hydrogen-bond acceptors (Lipinski definition) is 5. The van der Waals surface area contributed by atoms with E-state index in [9.17, 15) is 8.42 Å². The summed E-state index contributed by atoms with van der Waals surface area (Å²) >= 11 is 0. The lowest BCUT2D eigenvalue weighted by molar-refractivity contribution is 0.477. The summed E-state index contributed by atoms with van der Waals surface area (Å²) in [6.45, 7) is 1.13. The van der Waals surface area contributed by atoms with Crippen molar-refractivity contribution in [2.75, 3.05) is 13.1 Å². The van der Waals surface area contributed by atoms with Crippen molar-refractivity contribution < 1.29 is 8.42 Å². The molecular weight excluding hydrogens is 434 g/mol. The lowest BCUT2D eigenvalue weighted by Crippen LogP contribution is -2.27. The second-order valence-corrected chi connectivity index (χ2v) is 10.0. The molecular formula is C25H21N5O2S. The molecule has 2 aromatic heterocycles. The van der Waals surface area contributed by atoms with Gasteiger partial charge in [-0.15, -0.1) is 0 Å². The minimum atomic E-state index is -3.55. The van der Waals surface area contributed by atoms with E-state index in [1.54, 1.807) is 22.5 Å². The van der Waals surface area contributed by atoms with Crippen LogP contribution in [0.2, 0.25) is 0 Å². The monoisotopic (exact) mass is 455 g/mol. The molecule has 6 rings (SSSR count). The average molecular weight is 456 g/mol. The van der Waals surface area contributed by atoms with Crippen molar-refractivity contribution in [1.82, 2.24) is 23.8 Å². The van der Waals surface area contributed by atoms with Crippen LogP contribution in [0.15, 0.2) is 83.8 Å². The molecule has 0 bridgehead atoms. The van der Waals surface area contributed by atoms with Gasteiger partial charge in [0, 0.05) is 18.7 Å². The first-order chi connectivity index (χ1) is 16.1. The fourth-order valence-electron chi connectivity index (χ4n) is 4.34. The lowest BCUT2D eigenvalue weighted by Gasteiger charge is -2.17. The van der Waals surface area contributed by atoms with Gasteiger partial charge in [-0.2, -0.15) is 4.31 Å². The predicted molar refractivity (Wildman–Crippen MR) is 128 cm³/mol. The molecule has 0 spiro atoms. The number of nitrogens with zero attached hydrogens (tertiary/aromatic N) is 5. The summed E-state index contributed by atoms with van der Waals surface area (Å²) in [6, 6.07) is 24.5. The molecule has 7 nitrogen and oxygen atoms in total. The van der Waals surface area contributed by atoms with Gasteiger partial charge in [0.1, 0.15) is 5.82 Å². The Morgan fingerprint density at radius 1 is 0.727 bits per heavy atom. The van der Waals surface area contributed by atoms with Crippen LogP contribution in [0.25, 0.3) is 39.4 Å². The summed E-state index contributed by atoms with van der Waals surface area (Å²) in [6.07, 6.45) is 1.79. The first kappa shape index (κ1) is 20.0. The van der Waals surface area contributed by atoms with Crippen LogP contribution < -0.4 is 0 Å². The van der Waals surface area contributed by atoms with E-state index >= 15 is 0 Å². The maximum atomic E-state index is 13.2. The van der Waals surface area contributed by atoms with Gasteiger partial charge in [0.2, 0.25) is 10.0 Å². The number of aromatic nitrogens is 4. The third-order valence-corrected chi connectivity index (χ3v) is 7.88. The molecule has 5 aromatic rings. The summed E-state index contributed by atoms with van der Waals surface area (Å²) in [5, 5.41) is 0. The molecule has 1 aliphatic rings. The second kappa shape index (κ2) is 7.75. The van der Waals surface area contributed by atoms with Crippen LogP contribution in [0.1, 0.15) is 12.8 Å². The Morgan fingerprint density at radius 3 is 2.18 bits per heavy atom. The molecule has 0 saturated carbocycles. The SMILES string of the molecule is O=S(=O)(c1cccc(-n2c(-c3ccccc3)nc3nc4ccccc4nc32)c1)N1CCCC1. The highest BCUT2D eigenvalue weighted by atomic mass is 32.2. The summed E-state index contributed by atoms with van der Waals surface area (Å²) in [7, 11) is -3.55. The number of para-hydroxylation sites is 2. The van der Waals surface area contributed by atoms with Crippen LogP contribution in [0.5, 0.6) is 0 Å². The van der Waals surface area contributed by atoms with Crippen molar-refractivity contribution in [3.05, 3.63) is 78.9 Å². The zero-order valence-electron chi connectivity index (χ0n) is 17.8. The average Bonchev–Trinajstić information content (AvgIpc) is 3.52. The van der Waals surface area contributed by atoms with Crippen LogP contribution in [0.4, 0.5) is 0 Å². The maximum Gasteiger partial charge on any atom is 0.243 e. The van der Waals surface area contributed by atoms with Gasteiger partial charge in [0.25, 0.3) is 0 Å². The topological polar surface area (TPSA) is 81.0 Å². The normalized spacial score (nSPS) is 14.9. The molecule has 1 saturated heterocycles. The maximum absolute atomic E-state index is 13.2. The zero-order chi connectivity index (χ0) is 22.4. The van der Waals surface area contributed by atoms with Gasteiger partial charge in [-0.1, -0.05) is 48.5 Å². The van der Waals surface area contributed by atoms with Crippen LogP contribution >= 0.6 is 0 Å². The van der Waals surface area contributed by atoms with Gasteiger partial charge < -0.3 is 0 Å². The standard InChI is InChI=1S/C25H21N5O2S/c31-33(32,29-15-6-7-16-29)20-12-8-11-19(17-20)30-24(18-9-2-1-3-10-18)28-23-25(30)27-22-14-5-4-13-21(22)26-23/h1-5,8-14,17H,6-7,15-16H2. The minimum absolute atomic E-state index is 0.275. The third kappa shape index (κ3) is 3.39. The first-order valence-corrected chi connectivity index (χ1v) is 12.4. The Hall–Kier alpha value is -3.62. The Morgan fingerprint density at radius 2 is 1.42 bits per heavy atom. The van der Waals surface area contributed by atoms with Crippen LogP contribution in [0, 0.1) is 0 Å². The lowest BCUT2D eigenvalue weighted by atomic mass is 10.2. The van der Waals surface area contributed by atoms with Crippen LogP contribution in [-0.4, -0.2) is 45.3 Å². The Bertz CT molecular complexity index is 1590. The first-order valence-electron chi connectivity index (χ1n) is 10.9. The van der Waals surface area contributed by atoms with Crippen molar-refractivity contribution in [2.24, 2.45) is 0 Å². The number of benzene rings is 3. The highest BCUT2D eigenvalue weighted by molar-refractivity contribution is 7.89. The Kier molecular flexibility index (Phi) is 4.70. The third-order valence-electron chi connectivity index (χ3n) is 5.98. The molecule has 0 unspecified atom stereocenters. The largest absolute Gasteiger partial charge is 0.275 e. The van der Waals surface area contributed by atoms with Gasteiger partial charge >= 0.3 is 0 Å². The van der Waals surface area contributed by atoms with Crippen molar-refractivity contribution in [3.8, 4) is 17.1 Å². The highest BCUT2D eigenvalue weighted by Crippen LogP contribution is 2.30. The van der Waals surface area contributed by atoms with Crippen molar-refractivity contribution in [3.63, 3.8) is 0 Å². The van der Waals surface area contributed by atoms with Crippen molar-refractivity contribution >= 4 is 32.4 Å². The van der Waals surface area contributed by atoms with E-state index in [1.165, 1.54) is 0 Å². The van der Waals surface area contributed by atoms with E-state index < -0.39 is 10.0 Å². The summed E-state index contributed by atoms with van der Waals surface area (Å²) in [5.74, 6) is 0.664. The molecule has 0 aliphatic carbocycles. The van der Waals surface area contributed by atoms with Crippen molar-refractivity contribution in [2.45, 2.75) is 17.7 Å². The molecule has 3 heterocycles. The van der Waals surface area contributed by atoms with Crippen molar-refractivity contribution in [1.29, 1.82) is 0 Å². The Balaban J connectivity index is 1.61. The molecule has 0 radical (unpaired) electrons. The Labute approximate surface area is 191 Å². The summed E-state index contributed by atoms with van der Waals surface area (Å²) < 4.78 is 29.9. The molecule has 33 heavy (non-hydrogen) atoms. The van der Waals surface area contributed by atoms with Crippen LogP contribution in [0.3, 0.4) is 0 Å². The van der Waals surface area contributed by atoms with E-state index in [1.807, 2.05) is 65.2 Å². The predicted octanol–water partition coefficient (Wildman–Crippen LogP) is 4.42. The molecule has 1 aliphatic heterocycles. The molecule has 3 aromatic carbocycles. The summed E-state index contributed by atoms with van der Waals surface area (Å²) in [4.78, 5) is 14.7. The van der Waals surface area contributed by atoms with Gasteiger partial charge in [-0.25, -0.2) is 23.4 Å². The smallest absolute Gasteiger partial charge is 0.243 e. The molecule has 8 heteroatoms. The van der Waals surface area contributed by atoms with Gasteiger partial charge in [-0.3, -0.25) is 4.57 Å². The highest BCUT2D eigenvalue weighted by Gasteiger charge is 2.28. The van der Waals surface area contributed by atoms with E-state index in [4.69, 9.17) is 15.0 Å². The zero-order valence-corrected chi connectivity index (χ0v) is 18.6. The van der Waals surface area contributed by atoms with E-state index in [2.05, 4.69) is 0 Å². The fourth-order valence-corrected chi connectivity index (χ4v) is 5.90. The fraction of sp³-hybridized carbons (Fsp3) is 0.160. The number of fused-ring (bicyclic) bond motifs is 2. The number of rotatable bonds is 4. The van der Waals surface area contributed by atoms with Gasteiger partial charge in [-0.05, 0) is 43.2 Å². The van der Waals surface area contributed by atoms with E-state index in [0.717, 1.165) is 29.4 Å². The van der Waals surface area contributed by atoms with E-state index in [0.29, 0.717) is 35.9 Å². The second-order valence-electron chi connectivity index (χ2n) is 8.10. The molecule has 1 fully saturated rings. The number of imidazole rings is 1.